The van der Waals surface area contributed by atoms with Gasteiger partial charge >= 0.3 is 0 Å². The molecule has 3 aromatic rings. The van der Waals surface area contributed by atoms with Gasteiger partial charge in [-0.1, -0.05) is 11.6 Å². The third kappa shape index (κ3) is 4.48. The summed E-state index contributed by atoms with van der Waals surface area (Å²) in [5.41, 5.74) is 1.41. The van der Waals surface area contributed by atoms with Crippen LogP contribution in [0.2, 0.25) is 5.02 Å². The van der Waals surface area contributed by atoms with Gasteiger partial charge in [-0.15, -0.1) is 10.2 Å². The van der Waals surface area contributed by atoms with Crippen molar-refractivity contribution in [2.24, 2.45) is 0 Å². The van der Waals surface area contributed by atoms with Crippen LogP contribution in [-0.4, -0.2) is 56.2 Å². The van der Waals surface area contributed by atoms with E-state index < -0.39 is 10.0 Å². The van der Waals surface area contributed by atoms with Gasteiger partial charge in [0.25, 0.3) is 0 Å². The molecule has 1 aliphatic heterocycles. The van der Waals surface area contributed by atoms with Crippen molar-refractivity contribution < 1.29 is 17.5 Å². The Morgan fingerprint density at radius 3 is 2.29 bits per heavy atom. The molecular weight excluding hydrogens is 443 g/mol. The Morgan fingerprint density at radius 1 is 0.968 bits per heavy atom. The standard InChI is InChI=1S/C21H20ClFN4O3S/c1-30-19-8-4-16(22)14-20(19)31(28,29)27-12-10-26(11-13-27)21-9-7-18(24-25-21)15-2-5-17(23)6-3-15/h2-9,14H,10-13H2,1H3. The molecule has 1 aromatic heterocycles. The van der Waals surface area contributed by atoms with Gasteiger partial charge in [0.15, 0.2) is 5.82 Å². The fraction of sp³-hybridized carbons (Fsp3) is 0.238. The van der Waals surface area contributed by atoms with Gasteiger partial charge in [0.05, 0.1) is 12.8 Å². The van der Waals surface area contributed by atoms with E-state index in [9.17, 15) is 12.8 Å². The molecule has 0 N–H and O–H groups in total. The molecule has 7 nitrogen and oxygen atoms in total. The molecule has 10 heteroatoms. The molecule has 0 radical (unpaired) electrons. The first kappa shape index (κ1) is 21.5. The predicted octanol–water partition coefficient (Wildman–Crippen LogP) is 3.46. The van der Waals surface area contributed by atoms with Gasteiger partial charge in [-0.3, -0.25) is 0 Å². The first-order valence-corrected chi connectivity index (χ1v) is 11.4. The lowest BCUT2D eigenvalue weighted by molar-refractivity contribution is 0.373. The number of piperazine rings is 1. The molecule has 4 rings (SSSR count). The molecule has 0 unspecified atom stereocenters. The summed E-state index contributed by atoms with van der Waals surface area (Å²) in [5.74, 6) is 0.605. The highest BCUT2D eigenvalue weighted by atomic mass is 35.5. The normalized spacial score (nSPS) is 15.1. The van der Waals surface area contributed by atoms with Crippen LogP contribution in [0.15, 0.2) is 59.5 Å². The highest BCUT2D eigenvalue weighted by Gasteiger charge is 2.31. The lowest BCUT2D eigenvalue weighted by Gasteiger charge is -2.34. The Morgan fingerprint density at radius 2 is 1.68 bits per heavy atom. The van der Waals surface area contributed by atoms with Crippen LogP contribution in [0.3, 0.4) is 0 Å². The summed E-state index contributed by atoms with van der Waals surface area (Å²) in [7, 11) is -2.32. The molecule has 1 saturated heterocycles. The Hall–Kier alpha value is -2.75. The van der Waals surface area contributed by atoms with Crippen molar-refractivity contribution >= 4 is 27.4 Å². The molecule has 0 atom stereocenters. The summed E-state index contributed by atoms with van der Waals surface area (Å²) in [6.45, 7) is 1.51. The molecule has 1 aliphatic rings. The van der Waals surface area contributed by atoms with Crippen molar-refractivity contribution in [2.75, 3.05) is 38.2 Å². The molecule has 0 amide bonds. The van der Waals surface area contributed by atoms with E-state index in [-0.39, 0.29) is 16.5 Å². The van der Waals surface area contributed by atoms with Crippen LogP contribution in [-0.2, 0) is 10.0 Å². The number of anilines is 1. The van der Waals surface area contributed by atoms with E-state index >= 15 is 0 Å². The number of halogens is 2. The van der Waals surface area contributed by atoms with Gasteiger partial charge in [0, 0.05) is 36.8 Å². The second kappa shape index (κ2) is 8.78. The van der Waals surface area contributed by atoms with Crippen molar-refractivity contribution in [1.82, 2.24) is 14.5 Å². The van der Waals surface area contributed by atoms with Crippen molar-refractivity contribution in [2.45, 2.75) is 4.90 Å². The summed E-state index contributed by atoms with van der Waals surface area (Å²) >= 11 is 6.01. The average molecular weight is 463 g/mol. The topological polar surface area (TPSA) is 75.6 Å². The maximum Gasteiger partial charge on any atom is 0.246 e. The van der Waals surface area contributed by atoms with Crippen LogP contribution in [0, 0.1) is 5.82 Å². The van der Waals surface area contributed by atoms with Gasteiger partial charge in [-0.25, -0.2) is 12.8 Å². The molecule has 0 aliphatic carbocycles. The van der Waals surface area contributed by atoms with Crippen LogP contribution in [0.4, 0.5) is 10.2 Å². The third-order valence-electron chi connectivity index (χ3n) is 5.10. The molecule has 1 fully saturated rings. The molecule has 0 spiro atoms. The van der Waals surface area contributed by atoms with Gasteiger partial charge in [0.2, 0.25) is 10.0 Å². The molecule has 162 valence electrons. The van der Waals surface area contributed by atoms with Crippen molar-refractivity contribution in [3.8, 4) is 17.0 Å². The maximum absolute atomic E-state index is 13.1. The fourth-order valence-electron chi connectivity index (χ4n) is 3.42. The number of methoxy groups -OCH3 is 1. The maximum atomic E-state index is 13.1. The first-order valence-electron chi connectivity index (χ1n) is 9.57. The SMILES string of the molecule is COc1ccc(Cl)cc1S(=O)(=O)N1CCN(c2ccc(-c3ccc(F)cc3)nn2)CC1. The Labute approximate surface area is 185 Å². The van der Waals surface area contributed by atoms with Crippen LogP contribution in [0.5, 0.6) is 5.75 Å². The van der Waals surface area contributed by atoms with Gasteiger partial charge < -0.3 is 9.64 Å². The summed E-state index contributed by atoms with van der Waals surface area (Å²) in [6.07, 6.45) is 0. The molecule has 31 heavy (non-hydrogen) atoms. The van der Waals surface area contributed by atoms with Gasteiger partial charge in [0.1, 0.15) is 16.5 Å². The summed E-state index contributed by atoms with van der Waals surface area (Å²) in [6, 6.07) is 14.2. The van der Waals surface area contributed by atoms with Crippen LogP contribution >= 0.6 is 11.6 Å². The highest BCUT2D eigenvalue weighted by molar-refractivity contribution is 7.89. The monoisotopic (exact) mass is 462 g/mol. The van der Waals surface area contributed by atoms with E-state index in [0.29, 0.717) is 42.7 Å². The Balaban J connectivity index is 1.46. The summed E-state index contributed by atoms with van der Waals surface area (Å²) < 4.78 is 45.9. The van der Waals surface area contributed by atoms with Crippen LogP contribution in [0.1, 0.15) is 0 Å². The van der Waals surface area contributed by atoms with E-state index in [0.717, 1.165) is 5.56 Å². The molecule has 0 saturated carbocycles. The smallest absolute Gasteiger partial charge is 0.246 e. The number of hydrogen-bond donors (Lipinski definition) is 0. The van der Waals surface area contributed by atoms with E-state index in [1.165, 1.54) is 29.6 Å². The zero-order chi connectivity index (χ0) is 22.0. The number of benzene rings is 2. The van der Waals surface area contributed by atoms with Crippen molar-refractivity contribution in [1.29, 1.82) is 0 Å². The highest BCUT2D eigenvalue weighted by Crippen LogP contribution is 2.30. The lowest BCUT2D eigenvalue weighted by atomic mass is 10.1. The predicted molar refractivity (Wildman–Crippen MR) is 116 cm³/mol. The molecule has 2 heterocycles. The van der Waals surface area contributed by atoms with E-state index in [1.54, 1.807) is 24.3 Å². The fourth-order valence-corrected chi connectivity index (χ4v) is 5.26. The minimum Gasteiger partial charge on any atom is -0.495 e. The zero-order valence-corrected chi connectivity index (χ0v) is 18.3. The van der Waals surface area contributed by atoms with Crippen LogP contribution < -0.4 is 9.64 Å². The minimum atomic E-state index is -3.75. The molecule has 0 bridgehead atoms. The number of rotatable bonds is 5. The Bertz CT molecular complexity index is 1170. The number of nitrogens with zero attached hydrogens (tertiary/aromatic N) is 4. The van der Waals surface area contributed by atoms with Gasteiger partial charge in [-0.2, -0.15) is 4.31 Å². The number of sulfonamides is 1. The van der Waals surface area contributed by atoms with Gasteiger partial charge in [-0.05, 0) is 54.6 Å². The number of aromatic nitrogens is 2. The summed E-state index contributed by atoms with van der Waals surface area (Å²) in [4.78, 5) is 2.03. The van der Waals surface area contributed by atoms with Crippen molar-refractivity contribution in [3.63, 3.8) is 0 Å². The van der Waals surface area contributed by atoms with E-state index in [1.807, 2.05) is 17.0 Å². The number of ether oxygens (including phenoxy) is 1. The first-order chi connectivity index (χ1) is 14.9. The van der Waals surface area contributed by atoms with Crippen LogP contribution in [0.25, 0.3) is 11.3 Å². The summed E-state index contributed by atoms with van der Waals surface area (Å²) in [5, 5.41) is 8.81. The Kier molecular flexibility index (Phi) is 6.08. The number of hydrogen-bond acceptors (Lipinski definition) is 6. The molecule has 2 aromatic carbocycles. The van der Waals surface area contributed by atoms with Crippen molar-refractivity contribution in [3.05, 3.63) is 65.4 Å². The lowest BCUT2D eigenvalue weighted by Crippen LogP contribution is -2.49. The van der Waals surface area contributed by atoms with E-state index in [2.05, 4.69) is 10.2 Å². The quantitative estimate of drug-likeness (QED) is 0.578. The largest absolute Gasteiger partial charge is 0.495 e. The minimum absolute atomic E-state index is 0.0550. The molecular formula is C21H20ClFN4O3S. The second-order valence-electron chi connectivity index (χ2n) is 6.97. The average Bonchev–Trinajstić information content (AvgIpc) is 2.80. The third-order valence-corrected chi connectivity index (χ3v) is 7.25. The zero-order valence-electron chi connectivity index (χ0n) is 16.7. The van der Waals surface area contributed by atoms with E-state index in [4.69, 9.17) is 16.3 Å². The second-order valence-corrected chi connectivity index (χ2v) is 9.31.